The monoisotopic (exact) mass is 383 g/mol. The minimum absolute atomic E-state index is 0.0113. The Morgan fingerprint density at radius 3 is 2.88 bits per heavy atom. The number of carbonyl (C=O) groups excluding carboxylic acids is 1. The van der Waals surface area contributed by atoms with Crippen LogP contribution in [0, 0.1) is 6.92 Å². The second kappa shape index (κ2) is 7.46. The van der Waals surface area contributed by atoms with E-state index in [2.05, 4.69) is 20.6 Å². The van der Waals surface area contributed by atoms with Gasteiger partial charge in [0.2, 0.25) is 10.9 Å². The molecule has 2 aromatic heterocycles. The maximum Gasteiger partial charge on any atom is 0.234 e. The molecule has 126 valence electrons. The molecular formula is C15H15Cl2N5OS. The highest BCUT2D eigenvalue weighted by Crippen LogP contribution is 2.21. The molecular weight excluding hydrogens is 369 g/mol. The Labute approximate surface area is 152 Å². The number of amides is 1. The predicted octanol–water partition coefficient (Wildman–Crippen LogP) is 3.09. The van der Waals surface area contributed by atoms with E-state index in [-0.39, 0.29) is 5.91 Å². The summed E-state index contributed by atoms with van der Waals surface area (Å²) in [7, 11) is 0. The van der Waals surface area contributed by atoms with E-state index in [1.54, 1.807) is 16.6 Å². The minimum Gasteiger partial charge on any atom is -0.356 e. The van der Waals surface area contributed by atoms with Crippen LogP contribution in [0.1, 0.15) is 22.8 Å². The highest BCUT2D eigenvalue weighted by atomic mass is 35.5. The van der Waals surface area contributed by atoms with Gasteiger partial charge in [-0.05, 0) is 31.0 Å². The highest BCUT2D eigenvalue weighted by molar-refractivity contribution is 7.16. The summed E-state index contributed by atoms with van der Waals surface area (Å²) in [6.45, 7) is 2.38. The van der Waals surface area contributed by atoms with Crippen LogP contribution in [0.5, 0.6) is 0 Å². The normalized spacial score (nSPS) is 11.1. The Kier molecular flexibility index (Phi) is 5.33. The van der Waals surface area contributed by atoms with Crippen LogP contribution in [0.4, 0.5) is 0 Å². The van der Waals surface area contributed by atoms with E-state index in [0.717, 1.165) is 21.4 Å². The molecule has 0 atom stereocenters. The third-order valence-electron chi connectivity index (χ3n) is 3.49. The third-order valence-corrected chi connectivity index (χ3v) is 5.03. The summed E-state index contributed by atoms with van der Waals surface area (Å²) in [6.07, 6.45) is 1.64. The van der Waals surface area contributed by atoms with Crippen LogP contribution in [0.15, 0.2) is 18.2 Å². The molecule has 0 saturated heterocycles. The molecule has 0 unspecified atom stereocenters. The topological polar surface area (TPSA) is 72.2 Å². The Balaban J connectivity index is 1.45. The second-order valence-corrected chi connectivity index (χ2v) is 7.16. The summed E-state index contributed by atoms with van der Waals surface area (Å²) in [6, 6.07) is 5.37. The number of carbonyl (C=O) groups is 1. The van der Waals surface area contributed by atoms with Gasteiger partial charge in [0.1, 0.15) is 5.01 Å². The zero-order chi connectivity index (χ0) is 17.1. The van der Waals surface area contributed by atoms with E-state index < -0.39 is 0 Å². The number of nitrogens with one attached hydrogen (secondary N) is 1. The first-order valence-electron chi connectivity index (χ1n) is 7.41. The van der Waals surface area contributed by atoms with Crippen molar-refractivity contribution in [2.24, 2.45) is 0 Å². The number of aryl methyl sites for hydroxylation is 2. The molecule has 0 aliphatic heterocycles. The fourth-order valence-corrected chi connectivity index (χ4v) is 3.61. The smallest absolute Gasteiger partial charge is 0.234 e. The molecule has 0 aliphatic carbocycles. The van der Waals surface area contributed by atoms with Gasteiger partial charge in [0.25, 0.3) is 0 Å². The van der Waals surface area contributed by atoms with E-state index >= 15 is 0 Å². The van der Waals surface area contributed by atoms with Crippen molar-refractivity contribution in [3.8, 4) is 0 Å². The van der Waals surface area contributed by atoms with Gasteiger partial charge in [0.15, 0.2) is 5.82 Å². The lowest BCUT2D eigenvalue weighted by Crippen LogP contribution is -2.25. The van der Waals surface area contributed by atoms with Gasteiger partial charge in [0, 0.05) is 29.4 Å². The van der Waals surface area contributed by atoms with Gasteiger partial charge in [-0.3, -0.25) is 4.79 Å². The summed E-state index contributed by atoms with van der Waals surface area (Å²) in [5.41, 5.74) is 0.963. The van der Waals surface area contributed by atoms with Gasteiger partial charge in [-0.1, -0.05) is 40.6 Å². The van der Waals surface area contributed by atoms with Gasteiger partial charge in [-0.2, -0.15) is 9.61 Å². The number of halogens is 2. The van der Waals surface area contributed by atoms with E-state index in [0.29, 0.717) is 35.9 Å². The molecule has 0 radical (unpaired) electrons. The number of aromatic nitrogens is 4. The SMILES string of the molecule is Cc1nnc2sc(CCC(=O)NCCc3ccc(Cl)cc3Cl)nn12. The average molecular weight is 384 g/mol. The average Bonchev–Trinajstić information content (AvgIpc) is 3.09. The fourth-order valence-electron chi connectivity index (χ4n) is 2.23. The molecule has 9 heteroatoms. The molecule has 1 aromatic carbocycles. The number of rotatable bonds is 6. The molecule has 1 amide bonds. The van der Waals surface area contributed by atoms with Crippen molar-refractivity contribution >= 4 is 45.4 Å². The Morgan fingerprint density at radius 1 is 1.29 bits per heavy atom. The predicted molar refractivity (Wildman–Crippen MR) is 94.9 cm³/mol. The number of nitrogens with zero attached hydrogens (tertiary/aromatic N) is 4. The first-order valence-corrected chi connectivity index (χ1v) is 8.98. The number of fused-ring (bicyclic) bond motifs is 1. The summed E-state index contributed by atoms with van der Waals surface area (Å²) in [5.74, 6) is 0.736. The largest absolute Gasteiger partial charge is 0.356 e. The fraction of sp³-hybridized carbons (Fsp3) is 0.333. The molecule has 1 N–H and O–H groups in total. The Bertz CT molecular complexity index is 876. The lowest BCUT2D eigenvalue weighted by Gasteiger charge is -2.06. The number of hydrogen-bond donors (Lipinski definition) is 1. The van der Waals surface area contributed by atoms with Crippen molar-refractivity contribution in [2.45, 2.75) is 26.2 Å². The van der Waals surface area contributed by atoms with E-state index in [1.165, 1.54) is 11.3 Å². The summed E-state index contributed by atoms with van der Waals surface area (Å²) < 4.78 is 1.69. The summed E-state index contributed by atoms with van der Waals surface area (Å²) in [5, 5.41) is 17.3. The van der Waals surface area contributed by atoms with Gasteiger partial charge in [-0.25, -0.2) is 0 Å². The van der Waals surface area contributed by atoms with Crippen LogP contribution in [-0.4, -0.2) is 32.3 Å². The molecule has 0 bridgehead atoms. The van der Waals surface area contributed by atoms with Gasteiger partial charge < -0.3 is 5.32 Å². The van der Waals surface area contributed by atoms with Gasteiger partial charge in [-0.15, -0.1) is 10.2 Å². The van der Waals surface area contributed by atoms with E-state index in [9.17, 15) is 4.79 Å². The van der Waals surface area contributed by atoms with Gasteiger partial charge >= 0.3 is 0 Å². The van der Waals surface area contributed by atoms with Crippen LogP contribution in [-0.2, 0) is 17.6 Å². The molecule has 24 heavy (non-hydrogen) atoms. The maximum atomic E-state index is 11.9. The minimum atomic E-state index is -0.0113. The molecule has 0 fully saturated rings. The molecule has 3 aromatic rings. The third kappa shape index (κ3) is 4.03. The number of benzene rings is 1. The Hall–Kier alpha value is -1.70. The molecule has 3 rings (SSSR count). The van der Waals surface area contributed by atoms with Crippen LogP contribution in [0.25, 0.3) is 4.96 Å². The van der Waals surface area contributed by atoms with Crippen molar-refractivity contribution < 1.29 is 4.79 Å². The van der Waals surface area contributed by atoms with Crippen molar-refractivity contribution in [1.82, 2.24) is 25.1 Å². The molecule has 0 saturated carbocycles. The lowest BCUT2D eigenvalue weighted by atomic mass is 10.1. The zero-order valence-corrected chi connectivity index (χ0v) is 15.3. The van der Waals surface area contributed by atoms with Crippen molar-refractivity contribution in [1.29, 1.82) is 0 Å². The first kappa shape index (κ1) is 17.1. The Morgan fingerprint density at radius 2 is 2.12 bits per heavy atom. The van der Waals surface area contributed by atoms with Gasteiger partial charge in [0.05, 0.1) is 0 Å². The van der Waals surface area contributed by atoms with Crippen molar-refractivity contribution in [3.05, 3.63) is 44.6 Å². The van der Waals surface area contributed by atoms with E-state index in [4.69, 9.17) is 23.2 Å². The van der Waals surface area contributed by atoms with Crippen LogP contribution < -0.4 is 5.32 Å². The van der Waals surface area contributed by atoms with Crippen molar-refractivity contribution in [2.75, 3.05) is 6.54 Å². The number of hydrogen-bond acceptors (Lipinski definition) is 5. The zero-order valence-electron chi connectivity index (χ0n) is 12.9. The maximum absolute atomic E-state index is 11.9. The molecule has 0 spiro atoms. The summed E-state index contributed by atoms with van der Waals surface area (Å²) in [4.78, 5) is 12.7. The van der Waals surface area contributed by atoms with Crippen LogP contribution >= 0.6 is 34.5 Å². The first-order chi connectivity index (χ1) is 11.5. The van der Waals surface area contributed by atoms with Crippen LogP contribution in [0.3, 0.4) is 0 Å². The molecule has 0 aliphatic rings. The van der Waals surface area contributed by atoms with Crippen molar-refractivity contribution in [3.63, 3.8) is 0 Å². The van der Waals surface area contributed by atoms with Crippen LogP contribution in [0.2, 0.25) is 10.0 Å². The standard InChI is InChI=1S/C15H15Cl2N5OS/c1-9-19-20-15-22(9)21-14(24-15)5-4-13(23)18-7-6-10-2-3-11(16)8-12(10)17/h2-3,8H,4-7H2,1H3,(H,18,23). The molecule has 6 nitrogen and oxygen atoms in total. The second-order valence-electron chi connectivity index (χ2n) is 5.27. The lowest BCUT2D eigenvalue weighted by molar-refractivity contribution is -0.121. The summed E-state index contributed by atoms with van der Waals surface area (Å²) >= 11 is 13.4. The highest BCUT2D eigenvalue weighted by Gasteiger charge is 2.10. The quantitative estimate of drug-likeness (QED) is 0.709. The molecule has 2 heterocycles. The van der Waals surface area contributed by atoms with E-state index in [1.807, 2.05) is 13.0 Å².